The number of benzene rings is 1. The summed E-state index contributed by atoms with van der Waals surface area (Å²) in [6, 6.07) is 4.28. The molecule has 1 aromatic heterocycles. The topological polar surface area (TPSA) is 77.4 Å². The number of ketones is 1. The highest BCUT2D eigenvalue weighted by molar-refractivity contribution is 7.07. The van der Waals surface area contributed by atoms with Crippen LogP contribution in [0.3, 0.4) is 0 Å². The van der Waals surface area contributed by atoms with E-state index in [1.165, 1.54) is 31.4 Å². The van der Waals surface area contributed by atoms with Crippen LogP contribution in [0, 0.1) is 5.41 Å². The van der Waals surface area contributed by atoms with Crippen LogP contribution in [0.5, 0.6) is 0 Å². The largest absolute Gasteiger partial charge is 0.416 e. The van der Waals surface area contributed by atoms with Gasteiger partial charge in [0.1, 0.15) is 11.2 Å². The summed E-state index contributed by atoms with van der Waals surface area (Å²) in [4.78, 5) is 38.0. The number of halogens is 3. The fourth-order valence-electron chi connectivity index (χ4n) is 2.83. The molecule has 1 unspecified atom stereocenters. The average Bonchev–Trinajstić information content (AvgIpc) is 2.95. The number of aromatic nitrogens is 1. The maximum absolute atomic E-state index is 13.0. The van der Waals surface area contributed by atoms with Gasteiger partial charge in [0.2, 0.25) is 5.91 Å². The minimum absolute atomic E-state index is 0.111. The van der Waals surface area contributed by atoms with Crippen LogP contribution in [0.4, 0.5) is 13.2 Å². The predicted octanol–water partition coefficient (Wildman–Crippen LogP) is 2.30. The number of hydrogen-bond acceptors (Lipinski definition) is 5. The minimum atomic E-state index is -4.52. The number of nitrogens with one attached hydrogen (secondary N) is 1. The second-order valence-electron chi connectivity index (χ2n) is 8.65. The number of nitrogens with zero attached hydrogens (tertiary/aromatic N) is 1. The zero-order valence-electron chi connectivity index (χ0n) is 19.1. The summed E-state index contributed by atoms with van der Waals surface area (Å²) < 4.78 is 45.6. The number of Topliss-reactive ketones (excluding diaryl/α,β-unsaturated/α-hetero) is 1. The lowest BCUT2D eigenvalue weighted by atomic mass is 9.91. The summed E-state index contributed by atoms with van der Waals surface area (Å²) >= 11 is 0.942. The molecular weight excluding hydrogens is 457 g/mol. The molecule has 2 aromatic rings. The first-order chi connectivity index (χ1) is 15.2. The molecule has 1 N–H and O–H groups in total. The number of methoxy groups -OCH3 is 1. The molecule has 0 aliphatic carbocycles. The predicted molar refractivity (Wildman–Crippen MR) is 121 cm³/mol. The van der Waals surface area contributed by atoms with E-state index in [0.29, 0.717) is 0 Å². The maximum atomic E-state index is 13.0. The molecule has 1 amide bonds. The number of carbonyl (C=O) groups is 2. The van der Waals surface area contributed by atoms with Crippen LogP contribution in [0.15, 0.2) is 29.1 Å². The van der Waals surface area contributed by atoms with E-state index in [1.54, 1.807) is 27.7 Å². The van der Waals surface area contributed by atoms with Gasteiger partial charge in [-0.2, -0.15) is 13.2 Å². The van der Waals surface area contributed by atoms with Crippen molar-refractivity contribution in [1.29, 1.82) is 0 Å². The molecule has 0 saturated carbocycles. The van der Waals surface area contributed by atoms with Crippen molar-refractivity contribution in [2.45, 2.75) is 46.5 Å². The first kappa shape index (κ1) is 26.5. The third-order valence-corrected chi connectivity index (χ3v) is 5.63. The monoisotopic (exact) mass is 484 g/mol. The number of amides is 1. The smallest absolute Gasteiger partial charge is 0.383 e. The molecule has 6 nitrogen and oxygen atoms in total. The maximum Gasteiger partial charge on any atom is 0.416 e. The van der Waals surface area contributed by atoms with Crippen molar-refractivity contribution in [3.05, 3.63) is 54.9 Å². The molecule has 1 aromatic carbocycles. The number of hydrogen-bond donors (Lipinski definition) is 1. The molecule has 2 rings (SSSR count). The van der Waals surface area contributed by atoms with Crippen LogP contribution in [0.25, 0.3) is 12.2 Å². The van der Waals surface area contributed by atoms with E-state index in [4.69, 9.17) is 4.74 Å². The molecule has 33 heavy (non-hydrogen) atoms. The zero-order valence-corrected chi connectivity index (χ0v) is 19.9. The van der Waals surface area contributed by atoms with Gasteiger partial charge in [-0.05, 0) is 30.7 Å². The molecule has 10 heteroatoms. The number of rotatable bonds is 7. The van der Waals surface area contributed by atoms with E-state index < -0.39 is 28.6 Å². The summed E-state index contributed by atoms with van der Waals surface area (Å²) in [6.07, 6.45) is -1.90. The Labute approximate surface area is 193 Å². The minimum Gasteiger partial charge on any atom is -0.383 e. The van der Waals surface area contributed by atoms with Gasteiger partial charge in [0.05, 0.1) is 16.7 Å². The zero-order chi connectivity index (χ0) is 25.0. The summed E-state index contributed by atoms with van der Waals surface area (Å²) in [5, 5.41) is 2.70. The third kappa shape index (κ3) is 7.40. The molecule has 0 aliphatic rings. The van der Waals surface area contributed by atoms with E-state index in [0.717, 1.165) is 28.0 Å². The van der Waals surface area contributed by atoms with Crippen molar-refractivity contribution < 1.29 is 27.5 Å². The summed E-state index contributed by atoms with van der Waals surface area (Å²) in [5.41, 5.74) is -1.94. The molecule has 0 saturated heterocycles. The van der Waals surface area contributed by atoms with Crippen molar-refractivity contribution in [2.75, 3.05) is 13.7 Å². The summed E-state index contributed by atoms with van der Waals surface area (Å²) in [5.74, 6) is -0.709. The standard InChI is InChI=1S/C23H27F3N2O4S/c1-14(13-32-5)27-19(30)12-28-20(11-18(29)22(2,3)4)33-17(21(28)31)10-15-7-6-8-16(9-15)23(24,25)26/h6-11,14H,12-13H2,1-5H3,(H,27,30)/b17-10+,20-11-. The van der Waals surface area contributed by atoms with Crippen LogP contribution >= 0.6 is 11.3 Å². The Morgan fingerprint density at radius 1 is 1.24 bits per heavy atom. The van der Waals surface area contributed by atoms with Gasteiger partial charge < -0.3 is 10.1 Å². The molecule has 1 heterocycles. The fraction of sp³-hybridized carbons (Fsp3) is 0.435. The number of carbonyl (C=O) groups excluding carboxylic acids is 2. The van der Waals surface area contributed by atoms with Crippen molar-refractivity contribution in [3.8, 4) is 0 Å². The van der Waals surface area contributed by atoms with Crippen molar-refractivity contribution in [2.24, 2.45) is 5.41 Å². The lowest BCUT2D eigenvalue weighted by Gasteiger charge is -2.14. The molecule has 1 atom stereocenters. The highest BCUT2D eigenvalue weighted by Gasteiger charge is 2.30. The lowest BCUT2D eigenvalue weighted by Crippen LogP contribution is -2.42. The Morgan fingerprint density at radius 3 is 2.48 bits per heavy atom. The van der Waals surface area contributed by atoms with E-state index in [9.17, 15) is 27.6 Å². The van der Waals surface area contributed by atoms with Crippen LogP contribution < -0.4 is 20.1 Å². The van der Waals surface area contributed by atoms with Gasteiger partial charge in [-0.1, -0.05) is 32.9 Å². The van der Waals surface area contributed by atoms with Gasteiger partial charge in [0, 0.05) is 24.6 Å². The van der Waals surface area contributed by atoms with Crippen LogP contribution in [-0.4, -0.2) is 36.0 Å². The first-order valence-corrected chi connectivity index (χ1v) is 11.0. The Bertz CT molecular complexity index is 1190. The highest BCUT2D eigenvalue weighted by atomic mass is 32.1. The van der Waals surface area contributed by atoms with E-state index in [2.05, 4.69) is 5.32 Å². The Morgan fingerprint density at radius 2 is 1.91 bits per heavy atom. The van der Waals surface area contributed by atoms with Gasteiger partial charge >= 0.3 is 6.18 Å². The fourth-order valence-corrected chi connectivity index (χ4v) is 3.87. The van der Waals surface area contributed by atoms with Crippen molar-refractivity contribution >= 4 is 35.2 Å². The lowest BCUT2D eigenvalue weighted by molar-refractivity contribution is -0.137. The van der Waals surface area contributed by atoms with Gasteiger partial charge in [-0.3, -0.25) is 19.0 Å². The Hall–Kier alpha value is -2.72. The van der Waals surface area contributed by atoms with Gasteiger partial charge in [-0.25, -0.2) is 0 Å². The Kier molecular flexibility index (Phi) is 8.42. The molecular formula is C23H27F3N2O4S. The number of alkyl halides is 3. The second-order valence-corrected chi connectivity index (χ2v) is 9.71. The van der Waals surface area contributed by atoms with E-state index >= 15 is 0 Å². The molecule has 0 spiro atoms. The van der Waals surface area contributed by atoms with Gasteiger partial charge in [0.25, 0.3) is 5.56 Å². The quantitative estimate of drug-likeness (QED) is 0.655. The molecule has 0 bridgehead atoms. The van der Waals surface area contributed by atoms with Crippen LogP contribution in [0.1, 0.15) is 38.8 Å². The molecule has 0 aliphatic heterocycles. The number of thiazole rings is 1. The van der Waals surface area contributed by atoms with Gasteiger partial charge in [0.15, 0.2) is 5.78 Å². The van der Waals surface area contributed by atoms with Crippen LogP contribution in [0.2, 0.25) is 0 Å². The number of ether oxygens (including phenoxy) is 1. The summed E-state index contributed by atoms with van der Waals surface area (Å²) in [6.45, 7) is 6.83. The van der Waals surface area contributed by atoms with Crippen molar-refractivity contribution in [3.63, 3.8) is 0 Å². The SMILES string of the molecule is COCC(C)NC(=O)Cn1c(=O)/c(=C\c2cccc(C(F)(F)F)c2)s/c1=C\C(=O)C(C)(C)C. The molecule has 0 radical (unpaired) electrons. The van der Waals surface area contributed by atoms with E-state index in [-0.39, 0.29) is 39.7 Å². The third-order valence-electron chi connectivity index (χ3n) is 4.57. The van der Waals surface area contributed by atoms with E-state index in [1.807, 2.05) is 0 Å². The molecule has 0 fully saturated rings. The average molecular weight is 485 g/mol. The normalized spacial score (nSPS) is 14.4. The second kappa shape index (κ2) is 10.5. The Balaban J connectivity index is 2.59. The molecule has 180 valence electrons. The highest BCUT2D eigenvalue weighted by Crippen LogP contribution is 2.29. The van der Waals surface area contributed by atoms with Gasteiger partial charge in [-0.15, -0.1) is 11.3 Å². The van der Waals surface area contributed by atoms with Crippen molar-refractivity contribution in [1.82, 2.24) is 9.88 Å². The summed E-state index contributed by atoms with van der Waals surface area (Å²) in [7, 11) is 1.49. The van der Waals surface area contributed by atoms with Crippen LogP contribution in [-0.2, 0) is 27.0 Å². The first-order valence-electron chi connectivity index (χ1n) is 10.2.